The molecule has 1 aromatic carbocycles. The Hall–Kier alpha value is -8.69. The first-order valence-corrected chi connectivity index (χ1v) is 32.1. The minimum atomic E-state index is -1.66. The number of aliphatic hydroxyl groups excluding tert-OH is 2. The molecule has 504 valence electrons. The predicted octanol–water partition coefficient (Wildman–Crippen LogP) is -5.02. The Morgan fingerprint density at radius 3 is 1.89 bits per heavy atom. The molecule has 1 aliphatic carbocycles. The summed E-state index contributed by atoms with van der Waals surface area (Å²) in [6.45, 7) is -1.46. The molecule has 9 amide bonds. The molecule has 5 heterocycles. The van der Waals surface area contributed by atoms with E-state index < -0.39 is 139 Å². The maximum atomic E-state index is 15.3. The average Bonchev–Trinajstić information content (AvgIpc) is 1.48. The number of aliphatic imine (C=N–C) groups is 3. The molecule has 12 atom stereocenters. The number of thiophene rings is 1. The van der Waals surface area contributed by atoms with Crippen molar-refractivity contribution in [3.05, 3.63) is 57.8 Å². The average molecular weight is 1300 g/mol. The van der Waals surface area contributed by atoms with Gasteiger partial charge in [-0.25, -0.2) is 4.79 Å². The van der Waals surface area contributed by atoms with Crippen LogP contribution in [0.15, 0.2) is 56.8 Å². The third kappa shape index (κ3) is 19.0. The zero-order valence-electron chi connectivity index (χ0n) is 51.4. The van der Waals surface area contributed by atoms with Gasteiger partial charge in [0.15, 0.2) is 17.9 Å². The molecule has 4 aliphatic heterocycles. The molecule has 1 aromatic heterocycles. The van der Waals surface area contributed by atoms with Gasteiger partial charge in [0.05, 0.1) is 25.3 Å². The second kappa shape index (κ2) is 33.6. The Balaban J connectivity index is 1.02. The molecule has 92 heavy (non-hydrogen) atoms. The number of guanidine groups is 3. The maximum absolute atomic E-state index is 15.3. The lowest BCUT2D eigenvalue weighted by Crippen LogP contribution is -2.63. The Kier molecular flexibility index (Phi) is 25.8. The Morgan fingerprint density at radius 1 is 0.620 bits per heavy atom. The van der Waals surface area contributed by atoms with Gasteiger partial charge in [0.25, 0.3) is 0 Å². The standard InChI is InChI=1S/C59H89N19O13S/c60-37(14-5-19-67-57(61)62)48(82)72-38(15-6-20-68-58(63)64)52(86)75-22-8-18-43(75)54(88)77-30-35(80)26-44(77)50(84)70-28-47(81)71-40(27-36-13-9-23-92-36)49(83)74-41(31-79)53(87)76-29-34-12-2-1-10-32(34)24-46(76)55(89)78-42-17-4-3-11-33(42)25-45(78)51(85)73-39(56(90)91)16-7-21-69-59(65)66/h1-2,9-10,12-13,23,33,35,37-46,79-80H,3-8,11,14-22,24-31,60H2,(H,70,84)(H,71,81)(H,72,82)(H,73,85)(H,74,83)(H,90,91)(H4,61,62,67)(H4,63,64,68)(H4,65,66,69)/t33-,35+,37?,38-,39-,40-,41-,42-,43-,44-,45-,46+/m0/s1. The smallest absolute Gasteiger partial charge is 0.326 e. The summed E-state index contributed by atoms with van der Waals surface area (Å²) in [5.74, 6) is -8.33. The molecule has 0 bridgehead atoms. The molecule has 0 radical (unpaired) electrons. The van der Waals surface area contributed by atoms with Gasteiger partial charge < -0.3 is 102 Å². The lowest BCUT2D eigenvalue weighted by molar-refractivity contribution is -0.153. The lowest BCUT2D eigenvalue weighted by Gasteiger charge is -2.42. The molecule has 4 fully saturated rings. The number of likely N-dealkylation sites (tertiary alicyclic amines) is 3. The summed E-state index contributed by atoms with van der Waals surface area (Å²) < 4.78 is 0. The fraction of sp³-hybridized carbons (Fsp3) is 0.610. The van der Waals surface area contributed by atoms with Crippen molar-refractivity contribution < 1.29 is 63.3 Å². The number of β-amino-alcohol motifs (C(OH)–C–C–N with tert-alkyl or cyclic N) is 1. The number of rotatable bonds is 30. The Morgan fingerprint density at radius 2 is 1.25 bits per heavy atom. The maximum Gasteiger partial charge on any atom is 0.326 e. The summed E-state index contributed by atoms with van der Waals surface area (Å²) >= 11 is 1.27. The largest absolute Gasteiger partial charge is 0.480 e. The highest BCUT2D eigenvalue weighted by molar-refractivity contribution is 7.09. The summed E-state index contributed by atoms with van der Waals surface area (Å²) in [7, 11) is 0. The number of carboxylic acids is 1. The number of nitrogens with zero attached hydrogens (tertiary/aromatic N) is 7. The molecule has 33 heteroatoms. The van der Waals surface area contributed by atoms with Crippen LogP contribution >= 0.6 is 11.3 Å². The molecular weight excluding hydrogens is 1210 g/mol. The number of nitrogens with two attached hydrogens (primary N) is 7. The molecule has 2 aromatic rings. The van der Waals surface area contributed by atoms with E-state index in [9.17, 15) is 58.5 Å². The predicted molar refractivity (Wildman–Crippen MR) is 338 cm³/mol. The fourth-order valence-corrected chi connectivity index (χ4v) is 13.6. The van der Waals surface area contributed by atoms with Gasteiger partial charge in [-0.05, 0) is 99.1 Å². The van der Waals surface area contributed by atoms with Crippen LogP contribution in [-0.2, 0) is 67.3 Å². The van der Waals surface area contributed by atoms with Crippen molar-refractivity contribution in [2.45, 2.75) is 176 Å². The van der Waals surface area contributed by atoms with E-state index >= 15 is 4.79 Å². The number of carbonyl (C=O) groups excluding carboxylic acids is 9. The number of nitrogens with one attached hydrogen (secondary N) is 5. The van der Waals surface area contributed by atoms with Crippen LogP contribution in [0.5, 0.6) is 0 Å². The van der Waals surface area contributed by atoms with Crippen molar-refractivity contribution in [1.82, 2.24) is 46.2 Å². The molecule has 3 saturated heterocycles. The minimum absolute atomic E-state index is 0.00000960. The SMILES string of the molecule is NC(N)=NCCCC(N)C(=O)N[C@@H](CCCN=C(N)N)C(=O)N1CCC[C@H]1C(=O)N1C[C@H](O)C[C@H]1C(=O)NCC(=O)N[C@@H](Cc1cccs1)C(=O)N[C@@H](CO)C(=O)N1Cc2ccccc2C[C@@H]1C(=O)N1[C@H](C(=O)N[C@@H](CCCN=C(N)N)C(=O)O)C[C@@H]2CCCC[C@@H]21. The number of aliphatic carboxylic acids is 1. The number of fused-ring (bicyclic) bond motifs is 2. The van der Waals surface area contributed by atoms with Gasteiger partial charge in [-0.2, -0.15) is 0 Å². The third-order valence-corrected chi connectivity index (χ3v) is 18.3. The zero-order chi connectivity index (χ0) is 66.8. The first kappa shape index (κ1) is 70.8. The highest BCUT2D eigenvalue weighted by Gasteiger charge is 2.52. The Labute approximate surface area is 536 Å². The number of amides is 9. The molecule has 32 nitrogen and oxygen atoms in total. The molecule has 0 spiro atoms. The van der Waals surface area contributed by atoms with E-state index in [0.29, 0.717) is 29.7 Å². The number of benzene rings is 1. The van der Waals surface area contributed by atoms with Gasteiger partial charge in [0.1, 0.15) is 48.3 Å². The first-order valence-electron chi connectivity index (χ1n) is 31.2. The van der Waals surface area contributed by atoms with Crippen LogP contribution < -0.4 is 66.7 Å². The van der Waals surface area contributed by atoms with Gasteiger partial charge in [0.2, 0.25) is 53.2 Å². The molecule has 1 unspecified atom stereocenters. The van der Waals surface area contributed by atoms with Gasteiger partial charge in [-0.1, -0.05) is 43.2 Å². The van der Waals surface area contributed by atoms with Crippen molar-refractivity contribution in [2.24, 2.45) is 61.0 Å². The van der Waals surface area contributed by atoms with Gasteiger partial charge in [-0.3, -0.25) is 58.1 Å². The van der Waals surface area contributed by atoms with E-state index in [2.05, 4.69) is 41.6 Å². The number of hydrogen-bond donors (Lipinski definition) is 15. The monoisotopic (exact) mass is 1300 g/mol. The topological polar surface area (TPSA) is 524 Å². The lowest BCUT2D eigenvalue weighted by atomic mass is 9.84. The number of hydrogen-bond acceptors (Lipinski definition) is 17. The molecule has 5 aliphatic rings. The van der Waals surface area contributed by atoms with Crippen molar-refractivity contribution >= 4 is 88.3 Å². The van der Waals surface area contributed by atoms with E-state index in [1.807, 2.05) is 6.07 Å². The van der Waals surface area contributed by atoms with Crippen molar-refractivity contribution in [2.75, 3.05) is 45.9 Å². The molecule has 22 N–H and O–H groups in total. The van der Waals surface area contributed by atoms with Crippen LogP contribution in [0.3, 0.4) is 0 Å². The second-order valence-electron chi connectivity index (χ2n) is 23.9. The summed E-state index contributed by atoms with van der Waals surface area (Å²) in [6.07, 6.45) is 3.42. The number of aliphatic hydroxyl groups is 2. The van der Waals surface area contributed by atoms with Gasteiger partial charge >= 0.3 is 5.97 Å². The van der Waals surface area contributed by atoms with Gasteiger partial charge in [-0.15, -0.1) is 11.3 Å². The fourth-order valence-electron chi connectivity index (χ4n) is 12.9. The highest BCUT2D eigenvalue weighted by atomic mass is 32.1. The van der Waals surface area contributed by atoms with Crippen molar-refractivity contribution in [3.63, 3.8) is 0 Å². The third-order valence-electron chi connectivity index (χ3n) is 17.4. The number of carbonyl (C=O) groups is 10. The van der Waals surface area contributed by atoms with E-state index in [0.717, 1.165) is 29.7 Å². The minimum Gasteiger partial charge on any atom is -0.480 e. The van der Waals surface area contributed by atoms with Crippen LogP contribution in [0.4, 0.5) is 0 Å². The van der Waals surface area contributed by atoms with E-state index in [-0.39, 0.29) is 127 Å². The summed E-state index contributed by atoms with van der Waals surface area (Å²) in [4.78, 5) is 159. The van der Waals surface area contributed by atoms with E-state index in [4.69, 9.17) is 40.1 Å². The first-order chi connectivity index (χ1) is 43.9. The molecule has 1 saturated carbocycles. The van der Waals surface area contributed by atoms with Crippen LogP contribution in [0.25, 0.3) is 0 Å². The second-order valence-corrected chi connectivity index (χ2v) is 25.0. The van der Waals surface area contributed by atoms with E-state index in [1.54, 1.807) is 35.7 Å². The number of carboxylic acid groups (broad SMARTS) is 1. The molecular formula is C59H89N19O13S. The normalized spacial score (nSPS) is 22.4. The Bertz CT molecular complexity index is 3050. The van der Waals surface area contributed by atoms with Gasteiger partial charge in [0, 0.05) is 69.4 Å². The zero-order valence-corrected chi connectivity index (χ0v) is 52.3. The summed E-state index contributed by atoms with van der Waals surface area (Å²) in [5.41, 5.74) is 40.3. The summed E-state index contributed by atoms with van der Waals surface area (Å²) in [6, 6.07) is -1.07. The quantitative estimate of drug-likeness (QED) is 0.0198. The highest BCUT2D eigenvalue weighted by Crippen LogP contribution is 2.41. The van der Waals surface area contributed by atoms with E-state index in [1.165, 1.54) is 26.0 Å². The molecule has 7 rings (SSSR count). The van der Waals surface area contributed by atoms with Crippen LogP contribution in [0, 0.1) is 5.92 Å². The van der Waals surface area contributed by atoms with Crippen molar-refractivity contribution in [3.8, 4) is 0 Å². The summed E-state index contributed by atoms with van der Waals surface area (Å²) in [5, 5.41) is 46.8. The van der Waals surface area contributed by atoms with Crippen LogP contribution in [0.1, 0.15) is 106 Å². The van der Waals surface area contributed by atoms with Crippen LogP contribution in [-0.4, -0.2) is 224 Å². The van der Waals surface area contributed by atoms with Crippen molar-refractivity contribution in [1.29, 1.82) is 0 Å². The van der Waals surface area contributed by atoms with Crippen LogP contribution in [0.2, 0.25) is 0 Å².